The molecule has 0 spiro atoms. The zero-order valence-electron chi connectivity index (χ0n) is 16.7. The van der Waals surface area contributed by atoms with Crippen molar-refractivity contribution < 1.29 is 0 Å². The third kappa shape index (κ3) is 4.25. The summed E-state index contributed by atoms with van der Waals surface area (Å²) in [6.07, 6.45) is 16.9. The summed E-state index contributed by atoms with van der Waals surface area (Å²) in [6.45, 7) is 4.55. The quantitative estimate of drug-likeness (QED) is 0.844. The van der Waals surface area contributed by atoms with Crippen molar-refractivity contribution in [3.63, 3.8) is 0 Å². The molecule has 2 aromatic heterocycles. The van der Waals surface area contributed by atoms with Crippen LogP contribution in [0.15, 0.2) is 30.7 Å². The van der Waals surface area contributed by atoms with Crippen molar-refractivity contribution in [2.75, 3.05) is 19.6 Å². The van der Waals surface area contributed by atoms with Gasteiger partial charge in [-0.3, -0.25) is 14.6 Å². The molecule has 2 fully saturated rings. The summed E-state index contributed by atoms with van der Waals surface area (Å²) in [6, 6.07) is 4.09. The van der Waals surface area contributed by atoms with Crippen LogP contribution in [-0.2, 0) is 13.6 Å². The summed E-state index contributed by atoms with van der Waals surface area (Å²) in [5.74, 6) is 0. The normalized spacial score (nSPS) is 20.6. The van der Waals surface area contributed by atoms with Crippen molar-refractivity contribution in [2.24, 2.45) is 7.05 Å². The van der Waals surface area contributed by atoms with Gasteiger partial charge in [-0.1, -0.05) is 25.7 Å². The molecule has 1 aliphatic carbocycles. The number of pyridine rings is 1. The molecule has 0 bridgehead atoms. The largest absolute Gasteiger partial charge is 0.311 e. The van der Waals surface area contributed by atoms with Gasteiger partial charge in [0.15, 0.2) is 0 Å². The van der Waals surface area contributed by atoms with E-state index in [4.69, 9.17) is 5.10 Å². The summed E-state index contributed by atoms with van der Waals surface area (Å²) < 4.78 is 1.92. The summed E-state index contributed by atoms with van der Waals surface area (Å²) in [5, 5.41) is 8.51. The minimum atomic E-state index is 0.373. The van der Waals surface area contributed by atoms with E-state index in [1.54, 1.807) is 0 Å². The third-order valence-corrected chi connectivity index (χ3v) is 6.44. The topological polar surface area (TPSA) is 46.0 Å². The van der Waals surface area contributed by atoms with Gasteiger partial charge >= 0.3 is 0 Å². The standard InChI is InChI=1S/C22H33N5/c1-26-17-20(21(25-26)19-8-12-23-13-9-19)16-24-18-22(10-4-2-5-11-22)27-14-6-3-7-15-27/h8-9,12-13,17,24H,2-7,10-11,14-16,18H2,1H3. The van der Waals surface area contributed by atoms with Gasteiger partial charge in [0.05, 0.1) is 5.69 Å². The second kappa shape index (κ2) is 8.53. The highest BCUT2D eigenvalue weighted by Crippen LogP contribution is 2.35. The van der Waals surface area contributed by atoms with Gasteiger partial charge in [0.1, 0.15) is 0 Å². The van der Waals surface area contributed by atoms with E-state index in [2.05, 4.69) is 21.4 Å². The van der Waals surface area contributed by atoms with Crippen LogP contribution in [0.5, 0.6) is 0 Å². The molecule has 146 valence electrons. The molecular weight excluding hydrogens is 334 g/mol. The van der Waals surface area contributed by atoms with Crippen LogP contribution in [0.1, 0.15) is 56.9 Å². The molecule has 5 heteroatoms. The number of rotatable bonds is 6. The Morgan fingerprint density at radius 1 is 1.00 bits per heavy atom. The molecular formula is C22H33N5. The number of aryl methyl sites for hydroxylation is 1. The lowest BCUT2D eigenvalue weighted by Gasteiger charge is -2.48. The Bertz CT molecular complexity index is 712. The maximum absolute atomic E-state index is 4.69. The van der Waals surface area contributed by atoms with E-state index in [9.17, 15) is 0 Å². The Morgan fingerprint density at radius 2 is 1.70 bits per heavy atom. The van der Waals surface area contributed by atoms with Gasteiger partial charge in [0.2, 0.25) is 0 Å². The van der Waals surface area contributed by atoms with Crippen LogP contribution in [0.3, 0.4) is 0 Å². The Kier molecular flexibility index (Phi) is 5.89. The highest BCUT2D eigenvalue weighted by atomic mass is 15.3. The van der Waals surface area contributed by atoms with Gasteiger partial charge in [-0.15, -0.1) is 0 Å². The third-order valence-electron chi connectivity index (χ3n) is 6.44. The lowest BCUT2D eigenvalue weighted by molar-refractivity contribution is 0.0333. The predicted molar refractivity (Wildman–Crippen MR) is 109 cm³/mol. The van der Waals surface area contributed by atoms with Crippen molar-refractivity contribution in [1.82, 2.24) is 25.0 Å². The predicted octanol–water partition coefficient (Wildman–Crippen LogP) is 3.76. The first kappa shape index (κ1) is 18.6. The van der Waals surface area contributed by atoms with Crippen LogP contribution in [0.2, 0.25) is 0 Å². The van der Waals surface area contributed by atoms with Crippen LogP contribution in [0.25, 0.3) is 11.3 Å². The molecule has 1 saturated carbocycles. The first-order valence-corrected chi connectivity index (χ1v) is 10.7. The molecule has 0 amide bonds. The van der Waals surface area contributed by atoms with Crippen molar-refractivity contribution in [1.29, 1.82) is 0 Å². The zero-order valence-corrected chi connectivity index (χ0v) is 16.7. The number of nitrogens with zero attached hydrogens (tertiary/aromatic N) is 4. The van der Waals surface area contributed by atoms with Crippen molar-refractivity contribution in [3.8, 4) is 11.3 Å². The minimum Gasteiger partial charge on any atom is -0.311 e. The van der Waals surface area contributed by atoms with Crippen molar-refractivity contribution >= 4 is 0 Å². The maximum atomic E-state index is 4.69. The summed E-state index contributed by atoms with van der Waals surface area (Å²) in [4.78, 5) is 6.95. The molecule has 1 aliphatic heterocycles. The molecule has 0 aromatic carbocycles. The molecule has 1 N–H and O–H groups in total. The van der Waals surface area contributed by atoms with E-state index in [0.717, 1.165) is 24.3 Å². The second-order valence-corrected chi connectivity index (χ2v) is 8.35. The first-order valence-electron chi connectivity index (χ1n) is 10.7. The minimum absolute atomic E-state index is 0.373. The van der Waals surface area contributed by atoms with E-state index in [-0.39, 0.29) is 0 Å². The maximum Gasteiger partial charge on any atom is 0.0969 e. The zero-order chi connectivity index (χ0) is 18.5. The fourth-order valence-corrected chi connectivity index (χ4v) is 5.03. The van der Waals surface area contributed by atoms with E-state index in [1.165, 1.54) is 70.0 Å². The number of aromatic nitrogens is 3. The van der Waals surface area contributed by atoms with Crippen LogP contribution in [0.4, 0.5) is 0 Å². The number of piperidine rings is 1. The smallest absolute Gasteiger partial charge is 0.0969 e. The number of likely N-dealkylation sites (tertiary alicyclic amines) is 1. The van der Waals surface area contributed by atoms with E-state index in [0.29, 0.717) is 5.54 Å². The van der Waals surface area contributed by atoms with Gasteiger partial charge < -0.3 is 5.32 Å². The summed E-state index contributed by atoms with van der Waals surface area (Å²) in [7, 11) is 2.00. The van der Waals surface area contributed by atoms with Gasteiger partial charge in [-0.25, -0.2) is 0 Å². The van der Waals surface area contributed by atoms with Gasteiger partial charge in [-0.05, 0) is 50.9 Å². The van der Waals surface area contributed by atoms with Crippen LogP contribution < -0.4 is 5.32 Å². The van der Waals surface area contributed by atoms with Crippen molar-refractivity contribution in [2.45, 2.75) is 63.5 Å². The SMILES string of the molecule is Cn1cc(CNCC2(N3CCCCC3)CCCCC2)c(-c2ccncc2)n1. The van der Waals surface area contributed by atoms with E-state index in [1.807, 2.05) is 36.3 Å². The molecule has 27 heavy (non-hydrogen) atoms. The average molecular weight is 368 g/mol. The number of hydrogen-bond acceptors (Lipinski definition) is 4. The fraction of sp³-hybridized carbons (Fsp3) is 0.636. The average Bonchev–Trinajstić information content (AvgIpc) is 3.10. The lowest BCUT2D eigenvalue weighted by Crippen LogP contribution is -2.57. The second-order valence-electron chi connectivity index (χ2n) is 8.35. The molecule has 4 rings (SSSR count). The molecule has 5 nitrogen and oxygen atoms in total. The Balaban J connectivity index is 1.45. The summed E-state index contributed by atoms with van der Waals surface area (Å²) in [5.41, 5.74) is 3.86. The Morgan fingerprint density at radius 3 is 2.44 bits per heavy atom. The molecule has 0 atom stereocenters. The van der Waals surface area contributed by atoms with E-state index < -0.39 is 0 Å². The van der Waals surface area contributed by atoms with Gasteiger partial charge in [-0.2, -0.15) is 5.10 Å². The summed E-state index contributed by atoms with van der Waals surface area (Å²) >= 11 is 0. The fourth-order valence-electron chi connectivity index (χ4n) is 5.03. The van der Waals surface area contributed by atoms with Gasteiger partial charge in [0.25, 0.3) is 0 Å². The Hall–Kier alpha value is -1.72. The molecule has 0 unspecified atom stereocenters. The van der Waals surface area contributed by atoms with Crippen LogP contribution in [0, 0.1) is 0 Å². The molecule has 0 radical (unpaired) electrons. The molecule has 1 saturated heterocycles. The monoisotopic (exact) mass is 367 g/mol. The van der Waals surface area contributed by atoms with Crippen LogP contribution >= 0.6 is 0 Å². The molecule has 3 heterocycles. The first-order chi connectivity index (χ1) is 13.3. The van der Waals surface area contributed by atoms with Crippen LogP contribution in [-0.4, -0.2) is 44.8 Å². The number of hydrogen-bond donors (Lipinski definition) is 1. The molecule has 2 aliphatic rings. The highest BCUT2D eigenvalue weighted by molar-refractivity contribution is 5.61. The van der Waals surface area contributed by atoms with E-state index >= 15 is 0 Å². The molecule has 2 aromatic rings. The van der Waals surface area contributed by atoms with Crippen molar-refractivity contribution in [3.05, 3.63) is 36.3 Å². The lowest BCUT2D eigenvalue weighted by atomic mass is 9.79. The van der Waals surface area contributed by atoms with Gasteiger partial charge in [0, 0.05) is 55.4 Å². The Labute approximate surface area is 163 Å². The highest BCUT2D eigenvalue weighted by Gasteiger charge is 2.37. The number of nitrogens with one attached hydrogen (secondary N) is 1.